The molecule has 36 heavy (non-hydrogen) atoms. The molecule has 0 heterocycles. The van der Waals surface area contributed by atoms with Gasteiger partial charge < -0.3 is 15.2 Å². The molecular weight excluding hydrogens is 488 g/mol. The van der Waals surface area contributed by atoms with E-state index in [0.717, 1.165) is 5.56 Å². The fourth-order valence-electron chi connectivity index (χ4n) is 4.54. The maximum Gasteiger partial charge on any atom is 0.522 e. The predicted octanol–water partition coefficient (Wildman–Crippen LogP) is 7.25. The van der Waals surface area contributed by atoms with Crippen molar-refractivity contribution in [2.24, 2.45) is 5.92 Å². The number of hydrogen-bond acceptors (Lipinski definition) is 4. The Balaban J connectivity index is 1.84. The van der Waals surface area contributed by atoms with Crippen LogP contribution in [0, 0.1) is 5.92 Å². The van der Waals surface area contributed by atoms with E-state index in [2.05, 4.69) is 10.1 Å². The van der Waals surface area contributed by atoms with Crippen molar-refractivity contribution in [1.82, 2.24) is 5.32 Å². The summed E-state index contributed by atoms with van der Waals surface area (Å²) in [6.45, 7) is 3.30. The molecule has 0 aliphatic heterocycles. The quantitative estimate of drug-likeness (QED) is 0.343. The number of aliphatic hydroxyl groups is 1. The minimum atomic E-state index is -4.82. The topological polar surface area (TPSA) is 50.7 Å². The zero-order valence-corrected chi connectivity index (χ0v) is 20.1. The SMILES string of the molecule is CC(C)c1cccc(Oc2cccc(C(NCC(O)C(F)(F)F)C3CCCC(OC(F)(F)F)C3)c2)c1. The maximum atomic E-state index is 12.9. The van der Waals surface area contributed by atoms with Crippen LogP contribution in [0.4, 0.5) is 26.3 Å². The Hall–Kier alpha value is -2.30. The molecule has 2 aromatic carbocycles. The van der Waals surface area contributed by atoms with E-state index >= 15 is 0 Å². The first kappa shape index (κ1) is 28.3. The Bertz CT molecular complexity index is 979. The first-order valence-corrected chi connectivity index (χ1v) is 11.9. The Kier molecular flexibility index (Phi) is 9.29. The fraction of sp³-hybridized carbons (Fsp3) is 0.538. The third-order valence-corrected chi connectivity index (χ3v) is 6.32. The standard InChI is InChI=1S/C26H31F6NO3/c1-16(2)17-6-3-9-20(12-17)35-21-10-4-7-18(13-21)24(33-15-23(34)25(27,28)29)19-8-5-11-22(14-19)36-26(30,31)32/h3-4,6-7,9-10,12-13,16,19,22-24,33-34H,5,8,11,14-15H2,1-2H3. The van der Waals surface area contributed by atoms with Gasteiger partial charge in [0.1, 0.15) is 11.5 Å². The van der Waals surface area contributed by atoms with Gasteiger partial charge in [-0.2, -0.15) is 13.2 Å². The van der Waals surface area contributed by atoms with Gasteiger partial charge in [0.25, 0.3) is 0 Å². The number of aliphatic hydroxyl groups excluding tert-OH is 1. The molecule has 0 radical (unpaired) electrons. The van der Waals surface area contributed by atoms with Crippen LogP contribution in [-0.4, -0.2) is 36.4 Å². The van der Waals surface area contributed by atoms with Crippen LogP contribution in [-0.2, 0) is 4.74 Å². The predicted molar refractivity (Wildman–Crippen MR) is 123 cm³/mol. The van der Waals surface area contributed by atoms with E-state index in [1.165, 1.54) is 0 Å². The monoisotopic (exact) mass is 519 g/mol. The molecule has 1 saturated carbocycles. The van der Waals surface area contributed by atoms with E-state index in [4.69, 9.17) is 4.74 Å². The van der Waals surface area contributed by atoms with Crippen molar-refractivity contribution >= 4 is 0 Å². The van der Waals surface area contributed by atoms with Crippen LogP contribution in [0.2, 0.25) is 0 Å². The van der Waals surface area contributed by atoms with Gasteiger partial charge >= 0.3 is 12.5 Å². The number of benzene rings is 2. The molecule has 0 spiro atoms. The normalized spacial score (nSPS) is 20.8. The highest BCUT2D eigenvalue weighted by Gasteiger charge is 2.40. The molecule has 1 aliphatic carbocycles. The first-order valence-electron chi connectivity index (χ1n) is 11.9. The van der Waals surface area contributed by atoms with Gasteiger partial charge in [-0.25, -0.2) is 0 Å². The largest absolute Gasteiger partial charge is 0.522 e. The fourth-order valence-corrected chi connectivity index (χ4v) is 4.54. The summed E-state index contributed by atoms with van der Waals surface area (Å²) < 4.78 is 87.4. The van der Waals surface area contributed by atoms with Gasteiger partial charge in [0, 0.05) is 12.6 Å². The first-order chi connectivity index (χ1) is 16.8. The molecule has 4 nitrogen and oxygen atoms in total. The Morgan fingerprint density at radius 1 is 0.944 bits per heavy atom. The zero-order valence-electron chi connectivity index (χ0n) is 20.1. The highest BCUT2D eigenvalue weighted by atomic mass is 19.4. The molecule has 3 rings (SSSR count). The molecule has 4 atom stereocenters. The van der Waals surface area contributed by atoms with Gasteiger partial charge in [0.05, 0.1) is 6.10 Å². The van der Waals surface area contributed by atoms with Crippen molar-refractivity contribution in [3.63, 3.8) is 0 Å². The molecular formula is C26H31F6NO3. The summed E-state index contributed by atoms with van der Waals surface area (Å²) in [6, 6.07) is 13.5. The van der Waals surface area contributed by atoms with E-state index in [1.807, 2.05) is 32.0 Å². The summed E-state index contributed by atoms with van der Waals surface area (Å²) in [5, 5.41) is 12.3. The molecule has 1 fully saturated rings. The van der Waals surface area contributed by atoms with Crippen LogP contribution in [0.15, 0.2) is 48.5 Å². The summed E-state index contributed by atoms with van der Waals surface area (Å²) in [6.07, 6.45) is -12.1. The van der Waals surface area contributed by atoms with Crippen molar-refractivity contribution in [2.45, 2.75) is 76.2 Å². The lowest BCUT2D eigenvalue weighted by molar-refractivity contribution is -0.346. The summed E-state index contributed by atoms with van der Waals surface area (Å²) in [4.78, 5) is 0. The lowest BCUT2D eigenvalue weighted by Crippen LogP contribution is -2.42. The molecule has 0 aromatic heterocycles. The maximum absolute atomic E-state index is 12.9. The second kappa shape index (κ2) is 11.8. The van der Waals surface area contributed by atoms with Gasteiger partial charge in [0.2, 0.25) is 0 Å². The van der Waals surface area contributed by atoms with Crippen molar-refractivity contribution in [2.75, 3.05) is 6.54 Å². The number of ether oxygens (including phenoxy) is 2. The third kappa shape index (κ3) is 8.38. The molecule has 10 heteroatoms. The van der Waals surface area contributed by atoms with Gasteiger partial charge in [-0.05, 0) is 66.5 Å². The molecule has 1 aliphatic rings. The van der Waals surface area contributed by atoms with E-state index in [9.17, 15) is 31.4 Å². The molecule has 0 bridgehead atoms. The third-order valence-electron chi connectivity index (χ3n) is 6.32. The number of rotatable bonds is 9. The Morgan fingerprint density at radius 3 is 2.14 bits per heavy atom. The van der Waals surface area contributed by atoms with Crippen LogP contribution in [0.5, 0.6) is 11.5 Å². The van der Waals surface area contributed by atoms with E-state index in [1.54, 1.807) is 30.3 Å². The van der Waals surface area contributed by atoms with Crippen molar-refractivity contribution in [1.29, 1.82) is 0 Å². The van der Waals surface area contributed by atoms with Crippen molar-refractivity contribution in [3.8, 4) is 11.5 Å². The molecule has 200 valence electrons. The molecule has 2 aromatic rings. The molecule has 0 amide bonds. The number of halogens is 6. The van der Waals surface area contributed by atoms with Crippen LogP contribution < -0.4 is 10.1 Å². The number of nitrogens with one attached hydrogen (secondary N) is 1. The van der Waals surface area contributed by atoms with Gasteiger partial charge in [-0.1, -0.05) is 44.5 Å². The van der Waals surface area contributed by atoms with E-state index in [0.29, 0.717) is 29.9 Å². The summed E-state index contributed by atoms with van der Waals surface area (Å²) in [7, 11) is 0. The van der Waals surface area contributed by atoms with Gasteiger partial charge in [0.15, 0.2) is 6.10 Å². The van der Waals surface area contributed by atoms with Crippen molar-refractivity contribution < 1.29 is 40.9 Å². The van der Waals surface area contributed by atoms with Crippen LogP contribution in [0.1, 0.15) is 62.6 Å². The van der Waals surface area contributed by atoms with Crippen LogP contribution >= 0.6 is 0 Å². The van der Waals surface area contributed by atoms with Gasteiger partial charge in [-0.3, -0.25) is 4.74 Å². The Morgan fingerprint density at radius 2 is 1.56 bits per heavy atom. The average Bonchev–Trinajstić information content (AvgIpc) is 2.78. The molecule has 2 N–H and O–H groups in total. The highest BCUT2D eigenvalue weighted by molar-refractivity contribution is 5.37. The lowest BCUT2D eigenvalue weighted by Gasteiger charge is -2.36. The minimum absolute atomic E-state index is 0.0147. The second-order valence-corrected chi connectivity index (χ2v) is 9.46. The highest BCUT2D eigenvalue weighted by Crippen LogP contribution is 2.39. The Labute approximate surface area is 206 Å². The van der Waals surface area contributed by atoms with Gasteiger partial charge in [-0.15, -0.1) is 13.2 Å². The van der Waals surface area contributed by atoms with Crippen LogP contribution in [0.25, 0.3) is 0 Å². The lowest BCUT2D eigenvalue weighted by atomic mass is 9.79. The summed E-state index contributed by atoms with van der Waals surface area (Å²) in [5.74, 6) is 0.875. The van der Waals surface area contributed by atoms with E-state index < -0.39 is 43.3 Å². The zero-order chi connectivity index (χ0) is 26.5. The smallest absolute Gasteiger partial charge is 0.457 e. The second-order valence-electron chi connectivity index (χ2n) is 9.46. The summed E-state index contributed by atoms with van der Waals surface area (Å²) in [5.41, 5.74) is 1.63. The molecule has 4 unspecified atom stereocenters. The molecule has 0 saturated heterocycles. The average molecular weight is 520 g/mol. The van der Waals surface area contributed by atoms with Crippen LogP contribution in [0.3, 0.4) is 0 Å². The summed E-state index contributed by atoms with van der Waals surface area (Å²) >= 11 is 0. The minimum Gasteiger partial charge on any atom is -0.457 e. The van der Waals surface area contributed by atoms with E-state index in [-0.39, 0.29) is 18.8 Å². The van der Waals surface area contributed by atoms with Crippen molar-refractivity contribution in [3.05, 3.63) is 59.7 Å². The number of hydrogen-bond donors (Lipinski definition) is 2. The number of alkyl halides is 6.